The molecule has 1 saturated heterocycles. The Morgan fingerprint density at radius 2 is 1.74 bits per heavy atom. The number of nitrogens with one attached hydrogen (secondary N) is 1. The Labute approximate surface area is 189 Å². The molecule has 0 amide bonds. The lowest BCUT2D eigenvalue weighted by Gasteiger charge is -2.36. The fourth-order valence-corrected chi connectivity index (χ4v) is 3.96. The van der Waals surface area contributed by atoms with E-state index < -0.39 is 4.92 Å². The van der Waals surface area contributed by atoms with E-state index in [9.17, 15) is 10.1 Å². The first-order chi connectivity index (χ1) is 15.0. The molecule has 0 aliphatic carbocycles. The van der Waals surface area contributed by atoms with Crippen molar-refractivity contribution < 1.29 is 4.92 Å². The number of benzene rings is 2. The van der Waals surface area contributed by atoms with E-state index in [0.717, 1.165) is 11.3 Å². The summed E-state index contributed by atoms with van der Waals surface area (Å²) in [4.78, 5) is 23.9. The minimum absolute atomic E-state index is 0.134. The molecule has 0 saturated carbocycles. The first kappa shape index (κ1) is 21.1. The maximum Gasteiger partial charge on any atom is 0.353 e. The fraction of sp³-hybridized carbons (Fsp3) is 0.238. The zero-order valence-corrected chi connectivity index (χ0v) is 18.1. The third kappa shape index (κ3) is 4.81. The number of hydrogen-bond donors (Lipinski definition) is 1. The van der Waals surface area contributed by atoms with Crippen LogP contribution in [0.1, 0.15) is 5.56 Å². The average molecular weight is 459 g/mol. The molecule has 160 valence electrons. The summed E-state index contributed by atoms with van der Waals surface area (Å²) >= 11 is 12.3. The monoisotopic (exact) mass is 458 g/mol. The summed E-state index contributed by atoms with van der Waals surface area (Å²) in [5.74, 6) is 0.486. The van der Waals surface area contributed by atoms with Gasteiger partial charge in [-0.15, -0.1) is 0 Å². The summed E-state index contributed by atoms with van der Waals surface area (Å²) < 4.78 is 0. The Balaban J connectivity index is 1.51. The van der Waals surface area contributed by atoms with Gasteiger partial charge in [-0.05, 0) is 29.8 Å². The zero-order chi connectivity index (χ0) is 21.8. The van der Waals surface area contributed by atoms with Gasteiger partial charge in [-0.2, -0.15) is 0 Å². The van der Waals surface area contributed by atoms with E-state index in [1.165, 1.54) is 6.33 Å². The molecular formula is C21H20Cl2N6O2. The quantitative estimate of drug-likeness (QED) is 0.425. The Bertz CT molecular complexity index is 1090. The third-order valence-corrected chi connectivity index (χ3v) is 5.75. The van der Waals surface area contributed by atoms with Crippen LogP contribution in [0.4, 0.5) is 23.0 Å². The van der Waals surface area contributed by atoms with E-state index >= 15 is 0 Å². The van der Waals surface area contributed by atoms with E-state index in [1.807, 2.05) is 47.4 Å². The summed E-state index contributed by atoms with van der Waals surface area (Å²) in [6.07, 6.45) is 1.35. The predicted molar refractivity (Wildman–Crippen MR) is 123 cm³/mol. The molecule has 2 aromatic carbocycles. The second kappa shape index (κ2) is 9.36. The highest BCUT2D eigenvalue weighted by molar-refractivity contribution is 6.31. The molecule has 1 fully saturated rings. The molecule has 0 bridgehead atoms. The van der Waals surface area contributed by atoms with Crippen molar-refractivity contribution in [2.45, 2.75) is 6.54 Å². The molecule has 1 N–H and O–H groups in total. The molecule has 10 heteroatoms. The number of anilines is 3. The highest BCUT2D eigenvalue weighted by Crippen LogP contribution is 2.33. The van der Waals surface area contributed by atoms with Crippen LogP contribution in [0.15, 0.2) is 54.9 Å². The molecule has 0 radical (unpaired) electrons. The van der Waals surface area contributed by atoms with Gasteiger partial charge in [0.05, 0.1) is 4.92 Å². The SMILES string of the molecule is O=[N+]([O-])c1c(NCc2ccccc2Cl)ncnc1N1CCN(c2cccc(Cl)c2)CC1. The number of rotatable bonds is 6. The molecule has 31 heavy (non-hydrogen) atoms. The van der Waals surface area contributed by atoms with Crippen molar-refractivity contribution in [2.75, 3.05) is 41.3 Å². The molecule has 1 aliphatic rings. The highest BCUT2D eigenvalue weighted by Gasteiger charge is 2.29. The fourth-order valence-electron chi connectivity index (χ4n) is 3.57. The largest absolute Gasteiger partial charge is 0.368 e. The van der Waals surface area contributed by atoms with E-state index in [0.29, 0.717) is 48.6 Å². The van der Waals surface area contributed by atoms with Gasteiger partial charge in [-0.25, -0.2) is 9.97 Å². The van der Waals surface area contributed by atoms with E-state index in [-0.39, 0.29) is 11.5 Å². The standard InChI is InChI=1S/C21H20Cl2N6O2/c22-16-5-3-6-17(12-16)27-8-10-28(11-9-27)21-19(29(30)31)20(25-14-26-21)24-13-15-4-1-2-7-18(15)23/h1-7,12,14H,8-11,13H2,(H,24,25,26). The lowest BCUT2D eigenvalue weighted by atomic mass is 10.2. The second-order valence-electron chi connectivity index (χ2n) is 7.05. The molecule has 4 rings (SSSR count). The highest BCUT2D eigenvalue weighted by atomic mass is 35.5. The number of nitro groups is 1. The summed E-state index contributed by atoms with van der Waals surface area (Å²) in [7, 11) is 0. The molecule has 0 atom stereocenters. The van der Waals surface area contributed by atoms with Crippen LogP contribution in [0.25, 0.3) is 0 Å². The lowest BCUT2D eigenvalue weighted by molar-refractivity contribution is -0.383. The van der Waals surface area contributed by atoms with Crippen LogP contribution in [0.2, 0.25) is 10.0 Å². The normalized spacial score (nSPS) is 13.9. The van der Waals surface area contributed by atoms with Gasteiger partial charge in [0, 0.05) is 48.5 Å². The van der Waals surface area contributed by atoms with Crippen LogP contribution in [-0.2, 0) is 6.54 Å². The summed E-state index contributed by atoms with van der Waals surface area (Å²) in [5, 5.41) is 16.2. The molecular weight excluding hydrogens is 439 g/mol. The smallest absolute Gasteiger partial charge is 0.353 e. The number of nitrogens with zero attached hydrogens (tertiary/aromatic N) is 5. The first-order valence-corrected chi connectivity index (χ1v) is 10.5. The molecule has 0 spiro atoms. The first-order valence-electron chi connectivity index (χ1n) is 9.75. The molecule has 0 unspecified atom stereocenters. The summed E-state index contributed by atoms with van der Waals surface area (Å²) in [6.45, 7) is 2.90. The third-order valence-electron chi connectivity index (χ3n) is 5.14. The number of aromatic nitrogens is 2. The number of piperazine rings is 1. The molecule has 1 aromatic heterocycles. The van der Waals surface area contributed by atoms with E-state index in [4.69, 9.17) is 23.2 Å². The van der Waals surface area contributed by atoms with Crippen molar-refractivity contribution in [3.8, 4) is 0 Å². The molecule has 3 aromatic rings. The maximum atomic E-state index is 11.9. The average Bonchev–Trinajstić information content (AvgIpc) is 2.78. The Hall–Kier alpha value is -3.10. The maximum absolute atomic E-state index is 11.9. The van der Waals surface area contributed by atoms with Gasteiger partial charge >= 0.3 is 5.69 Å². The lowest BCUT2D eigenvalue weighted by Crippen LogP contribution is -2.47. The Morgan fingerprint density at radius 3 is 2.45 bits per heavy atom. The molecule has 2 heterocycles. The number of halogens is 2. The van der Waals surface area contributed by atoms with Gasteiger partial charge in [-0.1, -0.05) is 47.5 Å². The predicted octanol–water partition coefficient (Wildman–Crippen LogP) is 4.63. The van der Waals surface area contributed by atoms with Crippen LogP contribution < -0.4 is 15.1 Å². The van der Waals surface area contributed by atoms with Gasteiger partial charge in [0.15, 0.2) is 0 Å². The van der Waals surface area contributed by atoms with Gasteiger partial charge in [0.25, 0.3) is 0 Å². The minimum Gasteiger partial charge on any atom is -0.368 e. The van der Waals surface area contributed by atoms with Crippen LogP contribution in [0, 0.1) is 10.1 Å². The van der Waals surface area contributed by atoms with Crippen molar-refractivity contribution >= 4 is 46.2 Å². The van der Waals surface area contributed by atoms with Crippen molar-refractivity contribution in [3.05, 3.63) is 80.6 Å². The summed E-state index contributed by atoms with van der Waals surface area (Å²) in [5.41, 5.74) is 1.73. The number of hydrogen-bond acceptors (Lipinski definition) is 7. The van der Waals surface area contributed by atoms with Crippen LogP contribution >= 0.6 is 23.2 Å². The topological polar surface area (TPSA) is 87.4 Å². The van der Waals surface area contributed by atoms with E-state index in [2.05, 4.69) is 20.2 Å². The minimum atomic E-state index is -0.437. The zero-order valence-electron chi connectivity index (χ0n) is 16.5. The van der Waals surface area contributed by atoms with Gasteiger partial charge in [0.2, 0.25) is 11.6 Å². The summed E-state index contributed by atoms with van der Waals surface area (Å²) in [6, 6.07) is 15.0. The van der Waals surface area contributed by atoms with Gasteiger partial charge in [-0.3, -0.25) is 10.1 Å². The molecule has 1 aliphatic heterocycles. The molecule has 8 nitrogen and oxygen atoms in total. The van der Waals surface area contributed by atoms with Crippen LogP contribution in [0.3, 0.4) is 0 Å². The van der Waals surface area contributed by atoms with Gasteiger partial charge in [0.1, 0.15) is 6.33 Å². The van der Waals surface area contributed by atoms with Crippen molar-refractivity contribution in [3.63, 3.8) is 0 Å². The van der Waals surface area contributed by atoms with Gasteiger partial charge < -0.3 is 15.1 Å². The second-order valence-corrected chi connectivity index (χ2v) is 7.89. The van der Waals surface area contributed by atoms with Crippen molar-refractivity contribution in [1.29, 1.82) is 0 Å². The van der Waals surface area contributed by atoms with Crippen LogP contribution in [-0.4, -0.2) is 41.1 Å². The van der Waals surface area contributed by atoms with E-state index in [1.54, 1.807) is 6.07 Å². The Kier molecular flexibility index (Phi) is 6.39. The van der Waals surface area contributed by atoms with Crippen molar-refractivity contribution in [1.82, 2.24) is 9.97 Å². The van der Waals surface area contributed by atoms with Crippen molar-refractivity contribution in [2.24, 2.45) is 0 Å². The Morgan fingerprint density at radius 1 is 1.00 bits per heavy atom. The van der Waals surface area contributed by atoms with Crippen LogP contribution in [0.5, 0.6) is 0 Å².